The van der Waals surface area contributed by atoms with E-state index in [-0.39, 0.29) is 12.1 Å². The molecule has 1 aliphatic heterocycles. The highest BCUT2D eigenvalue weighted by Crippen LogP contribution is 2.29. The Labute approximate surface area is 99.8 Å². The fourth-order valence-electron chi connectivity index (χ4n) is 2.14. The first kappa shape index (κ1) is 10.5. The number of aromatic nitrogens is 2. The van der Waals surface area contributed by atoms with Gasteiger partial charge in [0.25, 0.3) is 0 Å². The van der Waals surface area contributed by atoms with Crippen LogP contribution in [0.15, 0.2) is 30.3 Å². The number of imidazole rings is 1. The zero-order valence-corrected chi connectivity index (χ0v) is 9.68. The Balaban J connectivity index is 1.93. The van der Waals surface area contributed by atoms with Gasteiger partial charge in [0.2, 0.25) is 0 Å². The lowest BCUT2D eigenvalue weighted by Crippen LogP contribution is -2.14. The predicted octanol–water partition coefficient (Wildman–Crippen LogP) is 2.05. The summed E-state index contributed by atoms with van der Waals surface area (Å²) in [6, 6.07) is 9.77. The van der Waals surface area contributed by atoms with Crippen LogP contribution in [-0.2, 0) is 11.3 Å². The molecule has 4 heteroatoms. The first-order chi connectivity index (χ1) is 8.25. The highest BCUT2D eigenvalue weighted by atomic mass is 16.5. The van der Waals surface area contributed by atoms with Crippen molar-refractivity contribution in [3.8, 4) is 0 Å². The lowest BCUT2D eigenvalue weighted by atomic mass is 10.1. The molecule has 1 aromatic heterocycles. The van der Waals surface area contributed by atoms with E-state index >= 15 is 0 Å². The van der Waals surface area contributed by atoms with Crippen molar-refractivity contribution in [1.82, 2.24) is 9.97 Å². The second kappa shape index (κ2) is 3.98. The van der Waals surface area contributed by atoms with Crippen molar-refractivity contribution < 1.29 is 4.74 Å². The molecule has 3 N–H and O–H groups in total. The molecule has 2 atom stereocenters. The molecule has 0 fully saturated rings. The molecule has 88 valence electrons. The second-order valence-electron chi connectivity index (χ2n) is 4.33. The van der Waals surface area contributed by atoms with Crippen LogP contribution in [0.25, 0.3) is 0 Å². The molecule has 1 aliphatic rings. The molecule has 17 heavy (non-hydrogen) atoms. The highest BCUT2D eigenvalue weighted by Gasteiger charge is 2.25. The molecule has 1 aromatic carbocycles. The van der Waals surface area contributed by atoms with E-state index in [1.807, 2.05) is 37.3 Å². The largest absolute Gasteiger partial charge is 0.366 e. The van der Waals surface area contributed by atoms with Crippen LogP contribution in [0.1, 0.15) is 41.8 Å². The van der Waals surface area contributed by atoms with Crippen LogP contribution in [0.3, 0.4) is 0 Å². The van der Waals surface area contributed by atoms with Gasteiger partial charge in [0, 0.05) is 0 Å². The summed E-state index contributed by atoms with van der Waals surface area (Å²) in [7, 11) is 0. The lowest BCUT2D eigenvalue weighted by molar-refractivity contribution is 0.0757. The Hall–Kier alpha value is -1.65. The summed E-state index contributed by atoms with van der Waals surface area (Å²) in [5, 5.41) is 0. The van der Waals surface area contributed by atoms with E-state index in [2.05, 4.69) is 9.97 Å². The fraction of sp³-hybridized carbons (Fsp3) is 0.308. The molecular weight excluding hydrogens is 214 g/mol. The van der Waals surface area contributed by atoms with Gasteiger partial charge in [-0.3, -0.25) is 0 Å². The summed E-state index contributed by atoms with van der Waals surface area (Å²) in [4.78, 5) is 7.80. The van der Waals surface area contributed by atoms with Crippen LogP contribution < -0.4 is 5.73 Å². The third-order valence-electron chi connectivity index (χ3n) is 3.15. The first-order valence-corrected chi connectivity index (χ1v) is 5.76. The Morgan fingerprint density at radius 3 is 2.88 bits per heavy atom. The summed E-state index contributed by atoms with van der Waals surface area (Å²) in [6.45, 7) is 2.61. The van der Waals surface area contributed by atoms with E-state index in [0.29, 0.717) is 6.61 Å². The van der Waals surface area contributed by atoms with Crippen molar-refractivity contribution in [1.29, 1.82) is 0 Å². The number of aromatic amines is 1. The number of rotatable bonds is 2. The van der Waals surface area contributed by atoms with Gasteiger partial charge in [-0.05, 0) is 12.5 Å². The van der Waals surface area contributed by atoms with Crippen LogP contribution in [-0.4, -0.2) is 9.97 Å². The molecule has 2 heterocycles. The minimum absolute atomic E-state index is 0.0676. The summed E-state index contributed by atoms with van der Waals surface area (Å²) in [5.41, 5.74) is 9.30. The van der Waals surface area contributed by atoms with Gasteiger partial charge in [0.1, 0.15) is 5.82 Å². The van der Waals surface area contributed by atoms with E-state index in [0.717, 1.165) is 22.8 Å². The highest BCUT2D eigenvalue weighted by molar-refractivity contribution is 5.28. The van der Waals surface area contributed by atoms with Gasteiger partial charge in [-0.1, -0.05) is 30.3 Å². The quantitative estimate of drug-likeness (QED) is 0.828. The van der Waals surface area contributed by atoms with Gasteiger partial charge in [-0.25, -0.2) is 4.98 Å². The minimum Gasteiger partial charge on any atom is -0.366 e. The maximum absolute atomic E-state index is 6.19. The molecule has 0 radical (unpaired) electrons. The molecule has 3 rings (SSSR count). The van der Waals surface area contributed by atoms with Crippen molar-refractivity contribution in [3.63, 3.8) is 0 Å². The number of nitrogens with one attached hydrogen (secondary N) is 1. The molecule has 0 bridgehead atoms. The third kappa shape index (κ3) is 1.75. The Morgan fingerprint density at radius 2 is 2.18 bits per heavy atom. The smallest absolute Gasteiger partial charge is 0.128 e. The molecule has 0 amide bonds. The average molecular weight is 229 g/mol. The van der Waals surface area contributed by atoms with Crippen molar-refractivity contribution in [2.75, 3.05) is 0 Å². The van der Waals surface area contributed by atoms with Crippen molar-refractivity contribution in [2.45, 2.75) is 25.7 Å². The Morgan fingerprint density at radius 1 is 1.41 bits per heavy atom. The SMILES string of the molecule is CC1OCc2[nH]c(C(N)c3ccccc3)nc21. The summed E-state index contributed by atoms with van der Waals surface area (Å²) < 4.78 is 5.47. The Bertz CT molecular complexity index is 521. The topological polar surface area (TPSA) is 63.9 Å². The average Bonchev–Trinajstić information content (AvgIpc) is 2.92. The molecule has 0 saturated carbocycles. The maximum atomic E-state index is 6.19. The number of hydrogen-bond acceptors (Lipinski definition) is 3. The van der Waals surface area contributed by atoms with Gasteiger partial charge < -0.3 is 15.5 Å². The monoisotopic (exact) mass is 229 g/mol. The van der Waals surface area contributed by atoms with Gasteiger partial charge in [0.05, 0.1) is 30.1 Å². The van der Waals surface area contributed by atoms with Crippen LogP contribution in [0.4, 0.5) is 0 Å². The van der Waals surface area contributed by atoms with Crippen LogP contribution in [0, 0.1) is 0 Å². The standard InChI is InChI=1S/C13H15N3O/c1-8-12-10(7-17-8)15-13(16-12)11(14)9-5-3-2-4-6-9/h2-6,8,11H,7,14H2,1H3,(H,15,16). The lowest BCUT2D eigenvalue weighted by Gasteiger charge is -2.09. The predicted molar refractivity (Wildman–Crippen MR) is 64.3 cm³/mol. The van der Waals surface area contributed by atoms with E-state index in [1.165, 1.54) is 0 Å². The normalized spacial score (nSPS) is 20.2. The summed E-state index contributed by atoms with van der Waals surface area (Å²) >= 11 is 0. The summed E-state index contributed by atoms with van der Waals surface area (Å²) in [5.74, 6) is 0.816. The Kier molecular flexibility index (Phi) is 2.46. The van der Waals surface area contributed by atoms with E-state index in [1.54, 1.807) is 0 Å². The molecule has 0 spiro atoms. The third-order valence-corrected chi connectivity index (χ3v) is 3.15. The van der Waals surface area contributed by atoms with Crippen molar-refractivity contribution in [3.05, 3.63) is 53.1 Å². The molecule has 2 unspecified atom stereocenters. The van der Waals surface area contributed by atoms with Crippen LogP contribution in [0.2, 0.25) is 0 Å². The number of benzene rings is 1. The van der Waals surface area contributed by atoms with Crippen LogP contribution >= 0.6 is 0 Å². The van der Waals surface area contributed by atoms with Gasteiger partial charge in [0.15, 0.2) is 0 Å². The second-order valence-corrected chi connectivity index (χ2v) is 4.33. The number of fused-ring (bicyclic) bond motifs is 1. The minimum atomic E-state index is -0.200. The molecule has 4 nitrogen and oxygen atoms in total. The number of H-pyrrole nitrogens is 1. The zero-order valence-electron chi connectivity index (χ0n) is 9.68. The molecule has 0 saturated heterocycles. The van der Waals surface area contributed by atoms with Crippen molar-refractivity contribution in [2.24, 2.45) is 5.73 Å². The fourth-order valence-corrected chi connectivity index (χ4v) is 2.14. The van der Waals surface area contributed by atoms with Gasteiger partial charge in [-0.15, -0.1) is 0 Å². The summed E-state index contributed by atoms with van der Waals surface area (Å²) in [6.07, 6.45) is 0.0676. The number of hydrogen-bond donors (Lipinski definition) is 2. The van der Waals surface area contributed by atoms with Crippen LogP contribution in [0.5, 0.6) is 0 Å². The first-order valence-electron chi connectivity index (χ1n) is 5.76. The van der Waals surface area contributed by atoms with Gasteiger partial charge in [-0.2, -0.15) is 0 Å². The number of nitrogens with zero attached hydrogens (tertiary/aromatic N) is 1. The molecule has 2 aromatic rings. The van der Waals surface area contributed by atoms with Gasteiger partial charge >= 0.3 is 0 Å². The zero-order chi connectivity index (χ0) is 11.8. The molecule has 0 aliphatic carbocycles. The van der Waals surface area contributed by atoms with E-state index < -0.39 is 0 Å². The van der Waals surface area contributed by atoms with E-state index in [9.17, 15) is 0 Å². The van der Waals surface area contributed by atoms with Crippen molar-refractivity contribution >= 4 is 0 Å². The molecular formula is C13H15N3O. The number of ether oxygens (including phenoxy) is 1. The van der Waals surface area contributed by atoms with E-state index in [4.69, 9.17) is 10.5 Å². The number of nitrogens with two attached hydrogens (primary N) is 1. The maximum Gasteiger partial charge on any atom is 0.128 e.